The second-order valence-corrected chi connectivity index (χ2v) is 11.1. The molecule has 0 radical (unpaired) electrons. The molecule has 0 N–H and O–H groups in total. The summed E-state index contributed by atoms with van der Waals surface area (Å²) in [7, 11) is 3.13. The first-order chi connectivity index (χ1) is 19.2. The number of hydrogen-bond acceptors (Lipinski definition) is 4. The van der Waals surface area contributed by atoms with Crippen LogP contribution in [0.1, 0.15) is 27.7 Å². The Morgan fingerprint density at radius 1 is 0.550 bits per heavy atom. The fraction of sp³-hybridized carbons (Fsp3) is 0.294. The molecule has 1 heterocycles. The molecule has 0 saturated carbocycles. The van der Waals surface area contributed by atoms with Crippen molar-refractivity contribution in [3.63, 3.8) is 0 Å². The summed E-state index contributed by atoms with van der Waals surface area (Å²) in [5.74, 6) is 1.15. The van der Waals surface area contributed by atoms with E-state index in [4.69, 9.17) is 9.47 Å². The second kappa shape index (κ2) is 11.2. The molecule has 208 valence electrons. The Morgan fingerprint density at radius 3 is 1.30 bits per heavy atom. The van der Waals surface area contributed by atoms with E-state index < -0.39 is 0 Å². The third kappa shape index (κ3) is 5.23. The highest BCUT2D eigenvalue weighted by Gasteiger charge is 2.30. The number of benzene rings is 4. The standard InChI is InChI=1S/C34H36F2N2O2/c1-21(2)19-37-29-13-7-24(28-12-10-26(36)18-34(28)40-6)16-32(29)38(20-22(3)4)30-14-8-23(15-31(30)37)27-11-9-25(35)17-33(27)39-5/h7-18,21-22H,19-20H2,1-6H3. The van der Waals surface area contributed by atoms with Crippen LogP contribution < -0.4 is 19.3 Å². The molecule has 0 spiro atoms. The highest BCUT2D eigenvalue weighted by molar-refractivity contribution is 5.97. The summed E-state index contributed by atoms with van der Waals surface area (Å²) in [4.78, 5) is 4.74. The Hall–Kier alpha value is -4.06. The van der Waals surface area contributed by atoms with Gasteiger partial charge in [-0.2, -0.15) is 0 Å². The molecule has 0 aliphatic carbocycles. The molecule has 0 saturated heterocycles. The van der Waals surface area contributed by atoms with Gasteiger partial charge in [0, 0.05) is 36.3 Å². The van der Waals surface area contributed by atoms with Gasteiger partial charge in [0.1, 0.15) is 23.1 Å². The molecule has 5 rings (SSSR count). The Balaban J connectivity index is 1.70. The SMILES string of the molecule is COc1cc(F)ccc1-c1ccc2c(c1)N(CC(C)C)c1ccc(-c3ccc(F)cc3OC)cc1N2CC(C)C. The first kappa shape index (κ1) is 27.5. The molecule has 0 fully saturated rings. The molecule has 40 heavy (non-hydrogen) atoms. The average Bonchev–Trinajstić information content (AvgIpc) is 2.93. The van der Waals surface area contributed by atoms with E-state index in [-0.39, 0.29) is 11.6 Å². The molecular formula is C34H36F2N2O2. The van der Waals surface area contributed by atoms with Crippen LogP contribution in [0.15, 0.2) is 72.8 Å². The average molecular weight is 543 g/mol. The molecule has 0 aromatic heterocycles. The van der Waals surface area contributed by atoms with Crippen LogP contribution >= 0.6 is 0 Å². The van der Waals surface area contributed by atoms with Gasteiger partial charge < -0.3 is 19.3 Å². The number of nitrogens with zero attached hydrogens (tertiary/aromatic N) is 2. The van der Waals surface area contributed by atoms with Gasteiger partial charge >= 0.3 is 0 Å². The molecule has 0 amide bonds. The van der Waals surface area contributed by atoms with Gasteiger partial charge in [-0.25, -0.2) is 8.78 Å². The van der Waals surface area contributed by atoms with Crippen molar-refractivity contribution in [2.75, 3.05) is 37.1 Å². The van der Waals surface area contributed by atoms with Crippen molar-refractivity contribution in [2.24, 2.45) is 11.8 Å². The number of halogens is 2. The topological polar surface area (TPSA) is 24.9 Å². The predicted octanol–water partition coefficient (Wildman–Crippen LogP) is 9.22. The molecule has 4 nitrogen and oxygen atoms in total. The summed E-state index contributed by atoms with van der Waals surface area (Å²) in [6.07, 6.45) is 0. The van der Waals surface area contributed by atoms with E-state index >= 15 is 0 Å². The summed E-state index contributed by atoms with van der Waals surface area (Å²) in [6.45, 7) is 10.5. The maximum absolute atomic E-state index is 14.0. The lowest BCUT2D eigenvalue weighted by Crippen LogP contribution is -2.33. The van der Waals surface area contributed by atoms with Crippen LogP contribution in [0.2, 0.25) is 0 Å². The van der Waals surface area contributed by atoms with Crippen molar-refractivity contribution in [2.45, 2.75) is 27.7 Å². The lowest BCUT2D eigenvalue weighted by atomic mass is 9.96. The zero-order valence-electron chi connectivity index (χ0n) is 24.0. The predicted molar refractivity (Wildman–Crippen MR) is 160 cm³/mol. The number of methoxy groups -OCH3 is 2. The number of fused-ring (bicyclic) bond motifs is 2. The van der Waals surface area contributed by atoms with Crippen LogP contribution in [-0.2, 0) is 0 Å². The highest BCUT2D eigenvalue weighted by atomic mass is 19.1. The number of anilines is 4. The van der Waals surface area contributed by atoms with Gasteiger partial charge in [-0.15, -0.1) is 0 Å². The molecule has 1 aliphatic heterocycles. The normalized spacial score (nSPS) is 12.6. The Labute approximate surface area is 235 Å². The third-order valence-corrected chi connectivity index (χ3v) is 7.16. The molecule has 6 heteroatoms. The minimum absolute atomic E-state index is 0.328. The van der Waals surface area contributed by atoms with Gasteiger partial charge in [-0.3, -0.25) is 0 Å². The van der Waals surface area contributed by atoms with Crippen LogP contribution in [0.3, 0.4) is 0 Å². The van der Waals surface area contributed by atoms with Crippen LogP contribution in [-0.4, -0.2) is 27.3 Å². The minimum atomic E-state index is -0.328. The fourth-order valence-electron chi connectivity index (χ4n) is 5.46. The van der Waals surface area contributed by atoms with Gasteiger partial charge in [-0.05, 0) is 71.5 Å². The number of ether oxygens (including phenoxy) is 2. The maximum atomic E-state index is 14.0. The Bertz CT molecular complexity index is 1420. The summed E-state index contributed by atoms with van der Waals surface area (Å²) in [5, 5.41) is 0. The van der Waals surface area contributed by atoms with E-state index in [1.165, 1.54) is 24.3 Å². The molecular weight excluding hydrogens is 506 g/mol. The smallest absolute Gasteiger partial charge is 0.129 e. The number of hydrogen-bond donors (Lipinski definition) is 0. The Kier molecular flexibility index (Phi) is 7.70. The van der Waals surface area contributed by atoms with E-state index in [9.17, 15) is 8.78 Å². The fourth-order valence-corrected chi connectivity index (χ4v) is 5.46. The monoisotopic (exact) mass is 542 g/mol. The maximum Gasteiger partial charge on any atom is 0.129 e. The zero-order valence-corrected chi connectivity index (χ0v) is 24.0. The van der Waals surface area contributed by atoms with Crippen LogP contribution in [0.4, 0.5) is 31.5 Å². The van der Waals surface area contributed by atoms with Crippen molar-refractivity contribution in [1.29, 1.82) is 0 Å². The number of rotatable bonds is 8. The molecule has 0 atom stereocenters. The van der Waals surface area contributed by atoms with Gasteiger partial charge in [0.2, 0.25) is 0 Å². The molecule has 0 unspecified atom stereocenters. The van der Waals surface area contributed by atoms with E-state index in [1.54, 1.807) is 26.4 Å². The van der Waals surface area contributed by atoms with Crippen LogP contribution in [0.25, 0.3) is 22.3 Å². The summed E-state index contributed by atoms with van der Waals surface area (Å²) in [6, 6.07) is 22.1. The lowest BCUT2D eigenvalue weighted by molar-refractivity contribution is 0.413. The minimum Gasteiger partial charge on any atom is -0.496 e. The Morgan fingerprint density at radius 2 is 0.950 bits per heavy atom. The third-order valence-electron chi connectivity index (χ3n) is 7.16. The van der Waals surface area contributed by atoms with Crippen molar-refractivity contribution in [3.05, 3.63) is 84.4 Å². The van der Waals surface area contributed by atoms with Crippen molar-refractivity contribution in [3.8, 4) is 33.8 Å². The van der Waals surface area contributed by atoms with Gasteiger partial charge in [-0.1, -0.05) is 39.8 Å². The second-order valence-electron chi connectivity index (χ2n) is 11.1. The van der Waals surface area contributed by atoms with Gasteiger partial charge in [0.15, 0.2) is 0 Å². The van der Waals surface area contributed by atoms with Crippen LogP contribution in [0.5, 0.6) is 11.5 Å². The van der Waals surface area contributed by atoms with E-state index in [0.29, 0.717) is 23.3 Å². The summed E-state index contributed by atoms with van der Waals surface area (Å²) < 4.78 is 39.0. The first-order valence-corrected chi connectivity index (χ1v) is 13.7. The summed E-state index contributed by atoms with van der Waals surface area (Å²) in [5.41, 5.74) is 8.02. The molecule has 4 aromatic rings. The zero-order chi connectivity index (χ0) is 28.6. The largest absolute Gasteiger partial charge is 0.496 e. The van der Waals surface area contributed by atoms with Gasteiger partial charge in [0.25, 0.3) is 0 Å². The molecule has 1 aliphatic rings. The van der Waals surface area contributed by atoms with Crippen molar-refractivity contribution in [1.82, 2.24) is 0 Å². The first-order valence-electron chi connectivity index (χ1n) is 13.7. The quantitative estimate of drug-likeness (QED) is 0.222. The van der Waals surface area contributed by atoms with Crippen molar-refractivity contribution >= 4 is 22.7 Å². The molecule has 0 bridgehead atoms. The molecule has 4 aromatic carbocycles. The highest BCUT2D eigenvalue weighted by Crippen LogP contribution is 2.51. The van der Waals surface area contributed by atoms with E-state index in [2.05, 4.69) is 73.9 Å². The lowest BCUT2D eigenvalue weighted by Gasteiger charge is -2.42. The van der Waals surface area contributed by atoms with Gasteiger partial charge in [0.05, 0.1) is 37.0 Å². The summed E-state index contributed by atoms with van der Waals surface area (Å²) >= 11 is 0. The van der Waals surface area contributed by atoms with Crippen LogP contribution in [0, 0.1) is 23.5 Å². The van der Waals surface area contributed by atoms with E-state index in [1.807, 2.05) is 0 Å². The van der Waals surface area contributed by atoms with E-state index in [0.717, 1.165) is 58.1 Å². The van der Waals surface area contributed by atoms with Crippen molar-refractivity contribution < 1.29 is 18.3 Å².